The van der Waals surface area contributed by atoms with Crippen LogP contribution in [0.5, 0.6) is 17.2 Å². The molecular formula is C43H43Cl2N7O8. The van der Waals surface area contributed by atoms with E-state index in [9.17, 15) is 29.2 Å². The van der Waals surface area contributed by atoms with Crippen LogP contribution in [-0.2, 0) is 20.8 Å². The summed E-state index contributed by atoms with van der Waals surface area (Å²) in [5.41, 5.74) is 3.14. The molecule has 4 aromatic rings. The molecule has 3 aromatic carbocycles. The minimum Gasteiger partial charge on any atom is -0.495 e. The number of hydrogen-bond acceptors (Lipinski definition) is 12. The van der Waals surface area contributed by atoms with Crippen molar-refractivity contribution in [3.05, 3.63) is 81.0 Å². The number of unbranched alkanes of at least 4 members (excludes halogenated alkanes) is 1. The van der Waals surface area contributed by atoms with E-state index in [0.29, 0.717) is 112 Å². The van der Waals surface area contributed by atoms with E-state index in [4.69, 9.17) is 37.4 Å². The van der Waals surface area contributed by atoms with Crippen LogP contribution in [0.25, 0.3) is 10.9 Å². The summed E-state index contributed by atoms with van der Waals surface area (Å²) in [6, 6.07) is 13.0. The van der Waals surface area contributed by atoms with Crippen LogP contribution in [0.2, 0.25) is 10.0 Å². The summed E-state index contributed by atoms with van der Waals surface area (Å²) in [5.74, 6) is -0.613. The first-order valence-electron chi connectivity index (χ1n) is 19.7. The molecule has 0 saturated carbocycles. The van der Waals surface area contributed by atoms with Crippen molar-refractivity contribution in [1.29, 1.82) is 5.26 Å². The molecule has 1 atom stereocenters. The molecule has 4 heterocycles. The molecule has 5 amide bonds. The van der Waals surface area contributed by atoms with Crippen molar-refractivity contribution in [3.8, 4) is 23.3 Å². The van der Waals surface area contributed by atoms with Crippen LogP contribution < -0.4 is 24.8 Å². The number of aromatic nitrogens is 1. The molecule has 60 heavy (non-hydrogen) atoms. The molecule has 0 bridgehead atoms. The molecule has 17 heteroatoms. The van der Waals surface area contributed by atoms with Gasteiger partial charge >= 0.3 is 0 Å². The van der Waals surface area contributed by atoms with E-state index < -0.39 is 29.7 Å². The van der Waals surface area contributed by atoms with Crippen LogP contribution in [0.1, 0.15) is 70.4 Å². The van der Waals surface area contributed by atoms with Crippen molar-refractivity contribution in [2.45, 2.75) is 51.0 Å². The lowest BCUT2D eigenvalue weighted by atomic mass is 9.98. The van der Waals surface area contributed by atoms with E-state index in [1.807, 2.05) is 4.90 Å². The summed E-state index contributed by atoms with van der Waals surface area (Å²) < 4.78 is 17.2. The number of imide groups is 2. The van der Waals surface area contributed by atoms with Gasteiger partial charge in [-0.2, -0.15) is 5.26 Å². The molecule has 0 spiro atoms. The molecule has 1 aromatic heterocycles. The van der Waals surface area contributed by atoms with Gasteiger partial charge in [-0.3, -0.25) is 44.1 Å². The number of benzene rings is 3. The maximum absolute atomic E-state index is 13.4. The third kappa shape index (κ3) is 8.81. The lowest BCUT2D eigenvalue weighted by molar-refractivity contribution is -0.136. The van der Waals surface area contributed by atoms with Crippen LogP contribution >= 0.6 is 23.2 Å². The topological polar surface area (TPSA) is 183 Å². The molecule has 0 radical (unpaired) electrons. The number of carbonyl (C=O) groups excluding carboxylic acids is 5. The molecule has 3 aliphatic heterocycles. The van der Waals surface area contributed by atoms with Crippen LogP contribution in [0.15, 0.2) is 48.7 Å². The number of halogens is 2. The number of pyridine rings is 1. The van der Waals surface area contributed by atoms with E-state index in [1.54, 1.807) is 49.6 Å². The monoisotopic (exact) mass is 855 g/mol. The maximum atomic E-state index is 13.4. The number of aryl methyl sites for hydroxylation is 1. The Hall–Kier alpha value is -5.95. The fourth-order valence-electron chi connectivity index (χ4n) is 7.84. The first-order chi connectivity index (χ1) is 29.0. The zero-order valence-electron chi connectivity index (χ0n) is 33.1. The van der Waals surface area contributed by atoms with Crippen molar-refractivity contribution in [2.75, 3.05) is 58.9 Å². The zero-order valence-corrected chi connectivity index (χ0v) is 34.7. The summed E-state index contributed by atoms with van der Waals surface area (Å²) in [6.07, 6.45) is 4.53. The first-order valence-corrected chi connectivity index (χ1v) is 20.4. The van der Waals surface area contributed by atoms with Crippen molar-refractivity contribution >= 4 is 75.0 Å². The van der Waals surface area contributed by atoms with Crippen molar-refractivity contribution in [2.24, 2.45) is 0 Å². The van der Waals surface area contributed by atoms with E-state index in [-0.39, 0.29) is 24.3 Å². The van der Waals surface area contributed by atoms with Crippen molar-refractivity contribution < 1.29 is 38.2 Å². The molecule has 312 valence electrons. The predicted octanol–water partition coefficient (Wildman–Crippen LogP) is 5.90. The van der Waals surface area contributed by atoms with E-state index in [2.05, 4.69) is 26.6 Å². The first kappa shape index (κ1) is 42.2. The number of carbonyl (C=O) groups is 5. The summed E-state index contributed by atoms with van der Waals surface area (Å²) in [7, 11) is 3.05. The van der Waals surface area contributed by atoms with Gasteiger partial charge < -0.3 is 24.4 Å². The molecule has 3 aliphatic rings. The fourth-order valence-corrected chi connectivity index (χ4v) is 8.35. The number of ether oxygens (including phenoxy) is 3. The Balaban J connectivity index is 0.863. The van der Waals surface area contributed by atoms with E-state index in [0.717, 1.165) is 31.0 Å². The number of nitriles is 1. The molecule has 2 N–H and O–H groups in total. The summed E-state index contributed by atoms with van der Waals surface area (Å²) in [5, 5.41) is 16.7. The third-order valence-corrected chi connectivity index (χ3v) is 11.6. The van der Waals surface area contributed by atoms with Crippen molar-refractivity contribution in [3.63, 3.8) is 0 Å². The number of nitrogens with zero attached hydrogens (tertiary/aromatic N) is 5. The minimum absolute atomic E-state index is 0.0609. The van der Waals surface area contributed by atoms with Gasteiger partial charge in [0.2, 0.25) is 17.7 Å². The molecule has 2 saturated heterocycles. The predicted molar refractivity (Wildman–Crippen MR) is 223 cm³/mol. The Kier molecular flexibility index (Phi) is 13.0. The Morgan fingerprint density at radius 2 is 1.73 bits per heavy atom. The van der Waals surface area contributed by atoms with Gasteiger partial charge in [-0.05, 0) is 55.9 Å². The minimum atomic E-state index is -1.01. The van der Waals surface area contributed by atoms with Gasteiger partial charge in [0.1, 0.15) is 17.9 Å². The molecule has 7 rings (SSSR count). The van der Waals surface area contributed by atoms with Crippen LogP contribution in [0, 0.1) is 11.3 Å². The fraction of sp³-hybridized carbons (Fsp3) is 0.372. The highest BCUT2D eigenvalue weighted by Crippen LogP contribution is 2.40. The average molecular weight is 857 g/mol. The van der Waals surface area contributed by atoms with Crippen molar-refractivity contribution in [1.82, 2.24) is 25.0 Å². The van der Waals surface area contributed by atoms with Crippen LogP contribution in [0.4, 0.5) is 11.4 Å². The number of piperidine rings is 1. The highest BCUT2D eigenvalue weighted by molar-refractivity contribution is 6.37. The van der Waals surface area contributed by atoms with Gasteiger partial charge in [0.25, 0.3) is 11.8 Å². The molecule has 2 fully saturated rings. The van der Waals surface area contributed by atoms with Gasteiger partial charge in [-0.25, -0.2) is 0 Å². The zero-order chi connectivity index (χ0) is 42.5. The van der Waals surface area contributed by atoms with Gasteiger partial charge in [0, 0.05) is 69.3 Å². The molecular weight excluding hydrogens is 813 g/mol. The summed E-state index contributed by atoms with van der Waals surface area (Å²) in [4.78, 5) is 73.4. The summed E-state index contributed by atoms with van der Waals surface area (Å²) >= 11 is 12.7. The number of hydrogen-bond donors (Lipinski definition) is 2. The second kappa shape index (κ2) is 18.5. The number of piperazine rings is 1. The normalized spacial score (nSPS) is 16.8. The SMILES string of the molecule is COc1cc(Nc2c(C#N)cnc3cc(OCCCN4CCN(C(=O)CCCCc5cccc6c5C(=O)N(C5CCC(=O)NC5=O)C6=O)CC4)c(OC)cc23)c(Cl)cc1Cl. The van der Waals surface area contributed by atoms with Gasteiger partial charge in [-0.1, -0.05) is 35.3 Å². The Labute approximate surface area is 356 Å². The average Bonchev–Trinajstić information content (AvgIpc) is 3.50. The second-order valence-corrected chi connectivity index (χ2v) is 15.5. The lowest BCUT2D eigenvalue weighted by Crippen LogP contribution is -2.54. The Morgan fingerprint density at radius 3 is 2.47 bits per heavy atom. The smallest absolute Gasteiger partial charge is 0.262 e. The van der Waals surface area contributed by atoms with Crippen LogP contribution in [0.3, 0.4) is 0 Å². The number of rotatable bonds is 15. The lowest BCUT2D eigenvalue weighted by Gasteiger charge is -2.34. The quantitative estimate of drug-likeness (QED) is 0.107. The number of fused-ring (bicyclic) bond motifs is 2. The number of methoxy groups -OCH3 is 2. The third-order valence-electron chi connectivity index (χ3n) is 11.0. The largest absolute Gasteiger partial charge is 0.495 e. The van der Waals surface area contributed by atoms with Gasteiger partial charge in [-0.15, -0.1) is 0 Å². The Morgan fingerprint density at radius 1 is 0.950 bits per heavy atom. The van der Waals surface area contributed by atoms with E-state index >= 15 is 0 Å². The molecule has 15 nitrogen and oxygen atoms in total. The highest BCUT2D eigenvalue weighted by atomic mass is 35.5. The highest BCUT2D eigenvalue weighted by Gasteiger charge is 2.45. The van der Waals surface area contributed by atoms with Gasteiger partial charge in [0.15, 0.2) is 11.5 Å². The summed E-state index contributed by atoms with van der Waals surface area (Å²) in [6.45, 7) is 3.93. The molecule has 1 unspecified atom stereocenters. The number of anilines is 2. The number of amides is 5. The van der Waals surface area contributed by atoms with Crippen LogP contribution in [-0.4, -0.2) is 109 Å². The van der Waals surface area contributed by atoms with Gasteiger partial charge in [0.05, 0.1) is 64.5 Å². The molecule has 0 aliphatic carbocycles. The second-order valence-electron chi connectivity index (χ2n) is 14.7. The Bertz CT molecular complexity index is 2410. The standard InChI is InChI=1S/C43H43Cl2N7O8/c1-58-34-22-32(29(44)20-30(34)45)48-40-26(23-46)24-47-31-21-36(35(59-2)19-28(31)40)60-18-6-13-50-14-16-51(17-15-50)38(54)10-4-3-7-25-8-5-9-27-39(25)43(57)52(42(27)56)33-11-12-37(53)49-41(33)55/h5,8-9,19-22,24,33H,3-4,6-7,10-18H2,1-2H3,(H,47,48)(H,49,53,55). The maximum Gasteiger partial charge on any atom is 0.262 e. The van der Waals surface area contributed by atoms with E-state index in [1.165, 1.54) is 13.3 Å². The number of nitrogens with one attached hydrogen (secondary N) is 2.